The van der Waals surface area contributed by atoms with E-state index in [0.29, 0.717) is 0 Å². The monoisotopic (exact) mass is 316 g/mol. The van der Waals surface area contributed by atoms with Gasteiger partial charge in [-0.1, -0.05) is 12.2 Å². The lowest BCUT2D eigenvalue weighted by molar-refractivity contribution is -0.210. The van der Waals surface area contributed by atoms with Crippen molar-refractivity contribution in [2.45, 2.75) is 12.6 Å². The smallest absolute Gasteiger partial charge is 0.254 e. The zero-order valence-corrected chi connectivity index (χ0v) is 10.2. The Balaban J connectivity index is 3.75. The molecule has 0 N–H and O–H groups in total. The van der Waals surface area contributed by atoms with E-state index in [1.54, 1.807) is 0 Å². The summed E-state index contributed by atoms with van der Waals surface area (Å²) in [6.45, 7) is 3.98. The molecule has 0 spiro atoms. The van der Waals surface area contributed by atoms with Gasteiger partial charge in [0.05, 0.1) is 0 Å². The molecule has 1 aliphatic rings. The van der Waals surface area contributed by atoms with Crippen LogP contribution in [0.1, 0.15) is 6.92 Å². The van der Waals surface area contributed by atoms with Gasteiger partial charge in [-0.25, -0.2) is 27.2 Å². The van der Waals surface area contributed by atoms with Crippen LogP contribution in [0.25, 0.3) is 0 Å². The van der Waals surface area contributed by atoms with E-state index in [0.717, 1.165) is 6.92 Å². The highest BCUT2D eigenvalue weighted by atomic mass is 19.3. The molecule has 0 aromatic rings. The minimum absolute atomic E-state index is 0.556. The summed E-state index contributed by atoms with van der Waals surface area (Å²) in [6.07, 6.45) is 0. The van der Waals surface area contributed by atoms with Gasteiger partial charge in [0.15, 0.2) is 17.5 Å². The molecule has 10 heteroatoms. The summed E-state index contributed by atoms with van der Waals surface area (Å²) in [7, 11) is 0. The van der Waals surface area contributed by atoms with E-state index in [-0.39, 0.29) is 0 Å². The first-order valence-electron chi connectivity index (χ1n) is 5.10. The highest BCUT2D eigenvalue weighted by molar-refractivity contribution is 5.94. The molecule has 0 aromatic heterocycles. The molecule has 1 rings (SSSR count). The van der Waals surface area contributed by atoms with Crippen molar-refractivity contribution in [3.05, 3.63) is 35.2 Å². The molecule has 0 aliphatic heterocycles. The van der Waals surface area contributed by atoms with Crippen LogP contribution in [-0.2, 0) is 19.5 Å². The standard InChI is InChI=1S/C11H6F6O4/c1-3(2)4-5(9(18)20-16)11(15,10(19)21-17)8(14)7(13)6(4)12/h5H,1H2,2H3. The van der Waals surface area contributed by atoms with Crippen molar-refractivity contribution < 1.29 is 46.1 Å². The summed E-state index contributed by atoms with van der Waals surface area (Å²) in [4.78, 5) is 27.3. The molecule has 0 aromatic carbocycles. The third-order valence-electron chi connectivity index (χ3n) is 2.77. The van der Waals surface area contributed by atoms with Gasteiger partial charge in [0, 0.05) is 14.6 Å². The van der Waals surface area contributed by atoms with Crippen molar-refractivity contribution in [2.75, 3.05) is 0 Å². The van der Waals surface area contributed by atoms with E-state index in [1.165, 1.54) is 0 Å². The van der Waals surface area contributed by atoms with Gasteiger partial charge in [0.25, 0.3) is 5.67 Å². The van der Waals surface area contributed by atoms with Crippen LogP contribution >= 0.6 is 0 Å². The van der Waals surface area contributed by atoms with Gasteiger partial charge in [0.2, 0.25) is 0 Å². The average Bonchev–Trinajstić information content (AvgIpc) is 2.46. The Morgan fingerprint density at radius 2 is 1.67 bits per heavy atom. The molecule has 0 amide bonds. The van der Waals surface area contributed by atoms with E-state index in [9.17, 15) is 36.2 Å². The molecule has 0 bridgehead atoms. The Bertz CT molecular complexity index is 581. The number of carbonyl (C=O) groups is 2. The Labute approximate surface area is 113 Å². The Kier molecular flexibility index (Phi) is 4.49. The minimum Gasteiger partial charge on any atom is -0.254 e. The molecule has 1 aliphatic carbocycles. The molecule has 0 fully saturated rings. The highest BCUT2D eigenvalue weighted by Crippen LogP contribution is 2.49. The van der Waals surface area contributed by atoms with Crippen LogP contribution in [0.4, 0.5) is 26.6 Å². The summed E-state index contributed by atoms with van der Waals surface area (Å²) in [6, 6.07) is 0. The van der Waals surface area contributed by atoms with Gasteiger partial charge >= 0.3 is 11.9 Å². The van der Waals surface area contributed by atoms with Gasteiger partial charge in [-0.3, -0.25) is 9.88 Å². The first kappa shape index (κ1) is 16.8. The van der Waals surface area contributed by atoms with E-state index in [1.807, 2.05) is 0 Å². The lowest BCUT2D eigenvalue weighted by Gasteiger charge is -2.31. The lowest BCUT2D eigenvalue weighted by atomic mass is 9.75. The predicted octanol–water partition coefficient (Wildman–Crippen LogP) is 3.13. The van der Waals surface area contributed by atoms with Crippen molar-refractivity contribution >= 4 is 11.9 Å². The van der Waals surface area contributed by atoms with Crippen LogP contribution in [0.3, 0.4) is 0 Å². The molecule has 0 saturated carbocycles. The van der Waals surface area contributed by atoms with Gasteiger partial charge in [-0.05, 0) is 6.92 Å². The van der Waals surface area contributed by atoms with Crippen LogP contribution in [-0.4, -0.2) is 17.6 Å². The van der Waals surface area contributed by atoms with Crippen molar-refractivity contribution in [3.8, 4) is 0 Å². The zero-order chi connectivity index (χ0) is 16.5. The third-order valence-corrected chi connectivity index (χ3v) is 2.77. The molecule has 21 heavy (non-hydrogen) atoms. The molecule has 2 unspecified atom stereocenters. The maximum absolute atomic E-state index is 14.4. The fraction of sp³-hybridized carbons (Fsp3) is 0.273. The van der Waals surface area contributed by atoms with Crippen LogP contribution in [0.15, 0.2) is 35.2 Å². The van der Waals surface area contributed by atoms with Gasteiger partial charge in [0.1, 0.15) is 5.92 Å². The van der Waals surface area contributed by atoms with Gasteiger partial charge < -0.3 is 0 Å². The molecule has 0 heterocycles. The molecule has 116 valence electrons. The van der Waals surface area contributed by atoms with Gasteiger partial charge in [-0.15, -0.1) is 0 Å². The molecular formula is C11H6F6O4. The van der Waals surface area contributed by atoms with Crippen molar-refractivity contribution in [1.29, 1.82) is 0 Å². The zero-order valence-electron chi connectivity index (χ0n) is 10.2. The van der Waals surface area contributed by atoms with E-state index in [4.69, 9.17) is 0 Å². The average molecular weight is 316 g/mol. The highest BCUT2D eigenvalue weighted by Gasteiger charge is 2.63. The second kappa shape index (κ2) is 5.62. The second-order valence-electron chi connectivity index (χ2n) is 4.04. The normalized spacial score (nSPS) is 25.8. The topological polar surface area (TPSA) is 52.6 Å². The first-order chi connectivity index (χ1) is 9.64. The molecular weight excluding hydrogens is 310 g/mol. The van der Waals surface area contributed by atoms with Crippen LogP contribution < -0.4 is 0 Å². The lowest BCUT2D eigenvalue weighted by Crippen LogP contribution is -2.50. The quantitative estimate of drug-likeness (QED) is 0.751. The number of hydrogen-bond acceptors (Lipinski definition) is 4. The molecule has 4 nitrogen and oxygen atoms in total. The fourth-order valence-electron chi connectivity index (χ4n) is 1.85. The number of carbonyl (C=O) groups excluding carboxylic acids is 2. The number of hydrogen-bond donors (Lipinski definition) is 0. The summed E-state index contributed by atoms with van der Waals surface area (Å²) < 4.78 is 78.8. The van der Waals surface area contributed by atoms with Crippen LogP contribution in [0, 0.1) is 5.92 Å². The largest absolute Gasteiger partial charge is 0.394 e. The summed E-state index contributed by atoms with van der Waals surface area (Å²) in [5, 5.41) is 0. The van der Waals surface area contributed by atoms with Gasteiger partial charge in [-0.2, -0.15) is 0 Å². The summed E-state index contributed by atoms with van der Waals surface area (Å²) in [5.41, 5.74) is -6.34. The number of halogens is 6. The fourth-order valence-corrected chi connectivity index (χ4v) is 1.85. The predicted molar refractivity (Wildman–Crippen MR) is 53.9 cm³/mol. The number of alkyl halides is 1. The SMILES string of the molecule is C=C(C)C1=C(F)C(F)=C(F)C(F)(C(=O)OF)C1C(=O)OF. The number of rotatable bonds is 3. The van der Waals surface area contributed by atoms with E-state index >= 15 is 0 Å². The minimum atomic E-state index is -4.48. The molecule has 0 radical (unpaired) electrons. The molecule has 0 saturated heterocycles. The van der Waals surface area contributed by atoms with E-state index < -0.39 is 52.2 Å². The van der Waals surface area contributed by atoms with E-state index in [2.05, 4.69) is 16.5 Å². The van der Waals surface area contributed by atoms with Crippen LogP contribution in [0.5, 0.6) is 0 Å². The second-order valence-corrected chi connectivity index (χ2v) is 4.04. The van der Waals surface area contributed by atoms with Crippen molar-refractivity contribution in [3.63, 3.8) is 0 Å². The first-order valence-corrected chi connectivity index (χ1v) is 5.10. The Morgan fingerprint density at radius 1 is 1.14 bits per heavy atom. The van der Waals surface area contributed by atoms with Crippen molar-refractivity contribution in [2.24, 2.45) is 5.92 Å². The van der Waals surface area contributed by atoms with Crippen molar-refractivity contribution in [1.82, 2.24) is 0 Å². The maximum atomic E-state index is 14.4. The third kappa shape index (κ3) is 2.30. The summed E-state index contributed by atoms with van der Waals surface area (Å²) >= 11 is 0. The molecule has 2 atom stereocenters. The summed E-state index contributed by atoms with van der Waals surface area (Å²) in [5.74, 6) is -15.4. The maximum Gasteiger partial charge on any atom is 0.394 e. The number of allylic oxidation sites excluding steroid dienone is 3. The Hall–Kier alpha value is -2.26. The Morgan fingerprint density at radius 3 is 2.05 bits per heavy atom. The van der Waals surface area contributed by atoms with Crippen LogP contribution in [0.2, 0.25) is 0 Å².